The highest BCUT2D eigenvalue weighted by Crippen LogP contribution is 2.19. The van der Waals surface area contributed by atoms with Crippen molar-refractivity contribution in [2.24, 2.45) is 0 Å². The monoisotopic (exact) mass is 387 g/mol. The Balaban J connectivity index is 1.42. The Morgan fingerprint density at radius 3 is 2.75 bits per heavy atom. The van der Waals surface area contributed by atoms with E-state index in [-0.39, 0.29) is 17.6 Å². The summed E-state index contributed by atoms with van der Waals surface area (Å²) in [4.78, 5) is 28.6. The lowest BCUT2D eigenvalue weighted by atomic mass is 10.0. The molecular weight excluding hydrogens is 365 g/mol. The molecule has 2 aromatic rings. The van der Waals surface area contributed by atoms with Crippen molar-refractivity contribution in [2.45, 2.75) is 31.7 Å². The minimum absolute atomic E-state index is 0.233. The Bertz CT molecular complexity index is 882. The van der Waals surface area contributed by atoms with Crippen LogP contribution in [0.2, 0.25) is 0 Å². The maximum absolute atomic E-state index is 13.1. The molecule has 4 rings (SSSR count). The number of aliphatic hydroxyl groups is 1. The first-order valence-corrected chi connectivity index (χ1v) is 9.23. The van der Waals surface area contributed by atoms with Crippen molar-refractivity contribution in [1.82, 2.24) is 24.9 Å². The van der Waals surface area contributed by atoms with Crippen molar-refractivity contribution in [3.8, 4) is 5.69 Å². The summed E-state index contributed by atoms with van der Waals surface area (Å²) in [6.45, 7) is 3.58. The first kappa shape index (κ1) is 18.6. The Morgan fingerprint density at radius 2 is 2.04 bits per heavy atom. The van der Waals surface area contributed by atoms with Gasteiger partial charge in [0, 0.05) is 37.9 Å². The van der Waals surface area contributed by atoms with Gasteiger partial charge >= 0.3 is 0 Å². The maximum Gasteiger partial charge on any atom is 0.248 e. The Labute approximate surface area is 161 Å². The zero-order valence-electron chi connectivity index (χ0n) is 15.5. The molecule has 8 nitrogen and oxygen atoms in total. The van der Waals surface area contributed by atoms with Crippen LogP contribution in [0.5, 0.6) is 0 Å². The van der Waals surface area contributed by atoms with E-state index in [2.05, 4.69) is 15.3 Å². The van der Waals surface area contributed by atoms with E-state index in [1.807, 2.05) is 6.20 Å². The summed E-state index contributed by atoms with van der Waals surface area (Å²) in [7, 11) is 0. The van der Waals surface area contributed by atoms with E-state index in [1.54, 1.807) is 27.9 Å². The lowest BCUT2D eigenvalue weighted by molar-refractivity contribution is -0.156. The van der Waals surface area contributed by atoms with Gasteiger partial charge in [-0.1, -0.05) is 0 Å². The number of nitrogens with one attached hydrogen (secondary N) is 1. The number of halogens is 1. The van der Waals surface area contributed by atoms with Crippen LogP contribution >= 0.6 is 0 Å². The normalized spacial score (nSPS) is 24.0. The highest BCUT2D eigenvalue weighted by atomic mass is 19.1. The molecule has 3 atom stereocenters. The zero-order chi connectivity index (χ0) is 19.8. The summed E-state index contributed by atoms with van der Waals surface area (Å²) < 4.78 is 14.7. The van der Waals surface area contributed by atoms with Gasteiger partial charge in [-0.15, -0.1) is 0 Å². The number of amides is 2. The van der Waals surface area contributed by atoms with Crippen LogP contribution in [-0.4, -0.2) is 74.3 Å². The molecule has 2 aliphatic rings. The molecule has 1 aromatic heterocycles. The molecule has 0 aliphatic carbocycles. The quantitative estimate of drug-likeness (QED) is 0.765. The molecule has 2 saturated heterocycles. The van der Waals surface area contributed by atoms with Crippen LogP contribution in [0, 0.1) is 5.82 Å². The molecular formula is C19H22FN5O3. The van der Waals surface area contributed by atoms with Crippen LogP contribution in [0.25, 0.3) is 5.69 Å². The number of hydrogen-bond acceptors (Lipinski definition) is 5. The minimum atomic E-state index is -0.923. The number of carbonyl (C=O) groups excluding carboxylic acids is 2. The molecule has 2 amide bonds. The molecule has 2 N–H and O–H groups in total. The fourth-order valence-corrected chi connectivity index (χ4v) is 3.72. The summed E-state index contributed by atoms with van der Waals surface area (Å²) >= 11 is 0. The van der Waals surface area contributed by atoms with Crippen molar-refractivity contribution in [1.29, 1.82) is 0 Å². The largest absolute Gasteiger partial charge is 0.391 e. The summed E-state index contributed by atoms with van der Waals surface area (Å²) in [5, 5.41) is 16.7. The predicted molar refractivity (Wildman–Crippen MR) is 97.9 cm³/mol. The molecule has 148 valence electrons. The second-order valence-electron chi connectivity index (χ2n) is 7.28. The fourth-order valence-electron chi connectivity index (χ4n) is 3.72. The van der Waals surface area contributed by atoms with Crippen molar-refractivity contribution < 1.29 is 19.1 Å². The average Bonchev–Trinajstić information content (AvgIpc) is 3.13. The van der Waals surface area contributed by atoms with Crippen LogP contribution in [0.4, 0.5) is 4.39 Å². The molecule has 2 aliphatic heterocycles. The first-order valence-electron chi connectivity index (χ1n) is 9.23. The molecule has 0 saturated carbocycles. The molecule has 0 spiro atoms. The zero-order valence-corrected chi connectivity index (χ0v) is 15.5. The Hall–Kier alpha value is -2.78. The third kappa shape index (κ3) is 3.50. The molecule has 0 unspecified atom stereocenters. The van der Waals surface area contributed by atoms with Gasteiger partial charge in [0.05, 0.1) is 18.0 Å². The van der Waals surface area contributed by atoms with Gasteiger partial charge in [0.15, 0.2) is 0 Å². The molecule has 0 radical (unpaired) electrons. The SMILES string of the molecule is C[C@@H](O)[C@@H]1NC(=O)[C@H]2CN(Cc3cnn(-c4ccc(F)cc4)c3)CCN2C1=O. The van der Waals surface area contributed by atoms with E-state index in [9.17, 15) is 19.1 Å². The number of benzene rings is 1. The number of carbonyl (C=O) groups is 2. The van der Waals surface area contributed by atoms with Gasteiger partial charge in [-0.05, 0) is 31.2 Å². The number of nitrogens with zero attached hydrogens (tertiary/aromatic N) is 4. The molecule has 0 bridgehead atoms. The van der Waals surface area contributed by atoms with Crippen LogP contribution in [0.3, 0.4) is 0 Å². The van der Waals surface area contributed by atoms with Gasteiger partial charge < -0.3 is 15.3 Å². The first-order chi connectivity index (χ1) is 13.4. The van der Waals surface area contributed by atoms with Gasteiger partial charge in [0.2, 0.25) is 11.8 Å². The van der Waals surface area contributed by atoms with Crippen LogP contribution in [0.1, 0.15) is 12.5 Å². The lowest BCUT2D eigenvalue weighted by Gasteiger charge is -2.45. The molecule has 2 fully saturated rings. The third-order valence-corrected chi connectivity index (χ3v) is 5.23. The number of aliphatic hydroxyl groups excluding tert-OH is 1. The summed E-state index contributed by atoms with van der Waals surface area (Å²) in [6.07, 6.45) is 2.69. The van der Waals surface area contributed by atoms with E-state index in [0.29, 0.717) is 26.2 Å². The molecule has 3 heterocycles. The average molecular weight is 387 g/mol. The Morgan fingerprint density at radius 1 is 1.29 bits per heavy atom. The minimum Gasteiger partial charge on any atom is -0.391 e. The standard InChI is InChI=1S/C19H22FN5O3/c1-12(26)17-19(28)24-7-6-23(11-16(24)18(27)22-17)9-13-8-21-25(10-13)15-4-2-14(20)3-5-15/h2-5,8,10,12,16-17,26H,6-7,9,11H2,1H3,(H,22,27)/t12-,16-,17+/m1/s1. The Kier molecular flexibility index (Phi) is 4.86. The van der Waals surface area contributed by atoms with Crippen molar-refractivity contribution in [3.63, 3.8) is 0 Å². The summed E-state index contributed by atoms with van der Waals surface area (Å²) in [5.74, 6) is -0.771. The van der Waals surface area contributed by atoms with Gasteiger partial charge in [0.1, 0.15) is 17.9 Å². The van der Waals surface area contributed by atoms with E-state index < -0.39 is 18.2 Å². The van der Waals surface area contributed by atoms with E-state index in [0.717, 1.165) is 11.3 Å². The van der Waals surface area contributed by atoms with Gasteiger partial charge in [-0.3, -0.25) is 14.5 Å². The highest BCUT2D eigenvalue weighted by molar-refractivity contribution is 5.97. The summed E-state index contributed by atoms with van der Waals surface area (Å²) in [5.41, 5.74) is 1.72. The van der Waals surface area contributed by atoms with Crippen molar-refractivity contribution >= 4 is 11.8 Å². The highest BCUT2D eigenvalue weighted by Gasteiger charge is 2.44. The van der Waals surface area contributed by atoms with E-state index in [1.165, 1.54) is 19.1 Å². The number of fused-ring (bicyclic) bond motifs is 1. The van der Waals surface area contributed by atoms with Crippen molar-refractivity contribution in [2.75, 3.05) is 19.6 Å². The third-order valence-electron chi connectivity index (χ3n) is 5.23. The smallest absolute Gasteiger partial charge is 0.248 e. The number of rotatable bonds is 4. The van der Waals surface area contributed by atoms with Crippen LogP contribution < -0.4 is 5.32 Å². The predicted octanol–water partition coefficient (Wildman–Crippen LogP) is -0.0966. The van der Waals surface area contributed by atoms with Crippen LogP contribution in [0.15, 0.2) is 36.7 Å². The van der Waals surface area contributed by atoms with Gasteiger partial charge in [0.25, 0.3) is 0 Å². The van der Waals surface area contributed by atoms with Gasteiger partial charge in [-0.2, -0.15) is 5.10 Å². The molecule has 28 heavy (non-hydrogen) atoms. The van der Waals surface area contributed by atoms with E-state index >= 15 is 0 Å². The summed E-state index contributed by atoms with van der Waals surface area (Å²) in [6, 6.07) is 4.65. The van der Waals surface area contributed by atoms with E-state index in [4.69, 9.17) is 0 Å². The molecule has 1 aromatic carbocycles. The number of hydrogen-bond donors (Lipinski definition) is 2. The second-order valence-corrected chi connectivity index (χ2v) is 7.28. The van der Waals surface area contributed by atoms with Crippen molar-refractivity contribution in [3.05, 3.63) is 48.0 Å². The number of aromatic nitrogens is 2. The lowest BCUT2D eigenvalue weighted by Crippen LogP contribution is -2.70. The van der Waals surface area contributed by atoms with Gasteiger partial charge in [-0.25, -0.2) is 9.07 Å². The molecule has 9 heteroatoms. The maximum atomic E-state index is 13.1. The topological polar surface area (TPSA) is 90.7 Å². The second kappa shape index (κ2) is 7.33. The van der Waals surface area contributed by atoms with Crippen LogP contribution in [-0.2, 0) is 16.1 Å². The fraction of sp³-hybridized carbons (Fsp3) is 0.421. The number of piperazine rings is 2.